The monoisotopic (exact) mass is 372 g/mol. The molecule has 6 nitrogen and oxygen atoms in total. The average molecular weight is 373 g/mol. The van der Waals surface area contributed by atoms with Crippen LogP contribution in [0.3, 0.4) is 0 Å². The Kier molecular flexibility index (Phi) is 4.53. The summed E-state index contributed by atoms with van der Waals surface area (Å²) in [5, 5.41) is 12.1. The van der Waals surface area contributed by atoms with Crippen molar-refractivity contribution in [1.82, 2.24) is 9.21 Å². The molecule has 8 heteroatoms. The lowest BCUT2D eigenvalue weighted by molar-refractivity contribution is -0.180. The van der Waals surface area contributed by atoms with Gasteiger partial charge in [0.1, 0.15) is 4.21 Å². The number of amides is 1. The average Bonchev–Trinajstić information content (AvgIpc) is 3.09. The first-order valence-corrected chi connectivity index (χ1v) is 10.5. The number of rotatable bonds is 4. The van der Waals surface area contributed by atoms with E-state index in [1.165, 1.54) is 7.05 Å². The Labute approximate surface area is 147 Å². The Morgan fingerprint density at radius 2 is 2.00 bits per heavy atom. The predicted octanol–water partition coefficient (Wildman–Crippen LogP) is 1.52. The minimum Gasteiger partial charge on any atom is -0.390 e. The Bertz CT molecular complexity index is 704. The third-order valence-electron chi connectivity index (χ3n) is 5.82. The molecule has 24 heavy (non-hydrogen) atoms. The smallest absolute Gasteiger partial charge is 0.252 e. The van der Waals surface area contributed by atoms with Gasteiger partial charge in [0.25, 0.3) is 10.0 Å². The van der Waals surface area contributed by atoms with Crippen molar-refractivity contribution in [2.45, 2.75) is 42.4 Å². The fraction of sp³-hybridized carbons (Fsp3) is 0.688. The summed E-state index contributed by atoms with van der Waals surface area (Å²) in [6.45, 7) is 2.91. The summed E-state index contributed by atoms with van der Waals surface area (Å²) in [4.78, 5) is 14.2. The maximum Gasteiger partial charge on any atom is 0.252 e. The molecule has 134 valence electrons. The molecule has 0 aromatic carbocycles. The maximum atomic E-state index is 12.5. The normalized spacial score (nSPS) is 26.6. The van der Waals surface area contributed by atoms with E-state index in [1.807, 2.05) is 6.92 Å². The second-order valence-corrected chi connectivity index (χ2v) is 10.3. The van der Waals surface area contributed by atoms with Crippen molar-refractivity contribution < 1.29 is 18.3 Å². The fourth-order valence-electron chi connectivity index (χ4n) is 3.75. The second-order valence-electron chi connectivity index (χ2n) is 7.13. The van der Waals surface area contributed by atoms with Gasteiger partial charge in [0, 0.05) is 25.6 Å². The van der Waals surface area contributed by atoms with Gasteiger partial charge in [-0.2, -0.15) is 4.31 Å². The number of sulfonamides is 1. The molecule has 1 amide bonds. The second kappa shape index (κ2) is 6.09. The van der Waals surface area contributed by atoms with Gasteiger partial charge in [-0.25, -0.2) is 8.42 Å². The van der Waals surface area contributed by atoms with E-state index in [0.717, 1.165) is 41.3 Å². The number of carbonyl (C=O) groups excluding carboxylic acids is 1. The minimum absolute atomic E-state index is 0.0568. The largest absolute Gasteiger partial charge is 0.390 e. The van der Waals surface area contributed by atoms with Crippen molar-refractivity contribution >= 4 is 27.3 Å². The molecular formula is C16H24N2O4S2. The summed E-state index contributed by atoms with van der Waals surface area (Å²) in [5.74, 6) is -0.175. The number of aliphatic hydroxyl groups is 1. The molecule has 1 aromatic heterocycles. The van der Waals surface area contributed by atoms with Gasteiger partial charge in [-0.3, -0.25) is 4.79 Å². The molecular weight excluding hydrogens is 348 g/mol. The highest BCUT2D eigenvalue weighted by atomic mass is 32.2. The highest BCUT2D eigenvalue weighted by Gasteiger charge is 2.55. The van der Waals surface area contributed by atoms with Gasteiger partial charge in [-0.1, -0.05) is 6.07 Å². The molecule has 1 aromatic rings. The molecule has 1 aliphatic heterocycles. The van der Waals surface area contributed by atoms with Gasteiger partial charge >= 0.3 is 0 Å². The predicted molar refractivity (Wildman–Crippen MR) is 92.2 cm³/mol. The van der Waals surface area contributed by atoms with Gasteiger partial charge in [0.2, 0.25) is 5.91 Å². The van der Waals surface area contributed by atoms with Crippen molar-refractivity contribution in [1.29, 1.82) is 0 Å². The van der Waals surface area contributed by atoms with Gasteiger partial charge in [0.15, 0.2) is 0 Å². The lowest BCUT2D eigenvalue weighted by Gasteiger charge is -2.58. The van der Waals surface area contributed by atoms with Crippen LogP contribution >= 0.6 is 11.3 Å². The van der Waals surface area contributed by atoms with E-state index in [1.54, 1.807) is 22.4 Å². The Morgan fingerprint density at radius 1 is 1.33 bits per heavy atom. The molecule has 3 rings (SSSR count). The van der Waals surface area contributed by atoms with E-state index in [2.05, 4.69) is 0 Å². The van der Waals surface area contributed by atoms with Crippen molar-refractivity contribution in [2.75, 3.05) is 26.7 Å². The summed E-state index contributed by atoms with van der Waals surface area (Å²) in [6.07, 6.45) is 3.40. The van der Waals surface area contributed by atoms with Crippen LogP contribution in [0, 0.1) is 5.41 Å². The maximum absolute atomic E-state index is 12.5. The number of thiophene rings is 1. The summed E-state index contributed by atoms with van der Waals surface area (Å²) >= 11 is 1.15. The molecule has 1 saturated heterocycles. The Morgan fingerprint density at radius 3 is 2.46 bits per heavy atom. The first-order chi connectivity index (χ1) is 11.2. The molecule has 1 unspecified atom stereocenters. The first-order valence-electron chi connectivity index (χ1n) is 8.18. The van der Waals surface area contributed by atoms with Crippen molar-refractivity contribution in [3.8, 4) is 0 Å². The number of nitrogens with zero attached hydrogens (tertiary/aromatic N) is 2. The van der Waals surface area contributed by atoms with Crippen LogP contribution in [-0.4, -0.2) is 60.9 Å². The lowest BCUT2D eigenvalue weighted by atomic mass is 9.53. The van der Waals surface area contributed by atoms with E-state index < -0.39 is 15.6 Å². The molecule has 1 spiro atoms. The van der Waals surface area contributed by atoms with Gasteiger partial charge in [0.05, 0.1) is 12.1 Å². The van der Waals surface area contributed by atoms with E-state index in [9.17, 15) is 18.3 Å². The van der Waals surface area contributed by atoms with Crippen LogP contribution in [0.4, 0.5) is 0 Å². The molecule has 2 fully saturated rings. The molecule has 2 aliphatic rings. The van der Waals surface area contributed by atoms with Crippen LogP contribution in [0.25, 0.3) is 0 Å². The highest BCUT2D eigenvalue weighted by molar-refractivity contribution is 7.91. The third kappa shape index (κ3) is 2.89. The highest BCUT2D eigenvalue weighted by Crippen LogP contribution is 2.56. The summed E-state index contributed by atoms with van der Waals surface area (Å²) in [6, 6.07) is 3.23. The fourth-order valence-corrected chi connectivity index (χ4v) is 6.07. The summed E-state index contributed by atoms with van der Waals surface area (Å²) in [7, 11) is -2.16. The quantitative estimate of drug-likeness (QED) is 0.869. The number of hydrogen-bond acceptors (Lipinski definition) is 5. The third-order valence-corrected chi connectivity index (χ3v) is 9.00. The van der Waals surface area contributed by atoms with E-state index in [4.69, 9.17) is 0 Å². The molecule has 2 heterocycles. The zero-order chi connectivity index (χ0) is 17.6. The lowest BCUT2D eigenvalue weighted by Crippen LogP contribution is -2.60. The molecule has 0 radical (unpaired) electrons. The van der Waals surface area contributed by atoms with E-state index >= 15 is 0 Å². The van der Waals surface area contributed by atoms with Crippen LogP contribution in [0.1, 0.15) is 32.6 Å². The zero-order valence-corrected chi connectivity index (χ0v) is 15.7. The Hall–Kier alpha value is -0.960. The number of likely N-dealkylation sites (N-methyl/N-ethyl adjacent to an activating group) is 1. The summed E-state index contributed by atoms with van der Waals surface area (Å²) in [5.41, 5.74) is -0.680. The van der Waals surface area contributed by atoms with E-state index in [-0.39, 0.29) is 22.1 Å². The topological polar surface area (TPSA) is 77.9 Å². The number of piperidine rings is 1. The molecule has 1 aliphatic carbocycles. The zero-order valence-electron chi connectivity index (χ0n) is 14.1. The van der Waals surface area contributed by atoms with Gasteiger partial charge < -0.3 is 10.0 Å². The first kappa shape index (κ1) is 17.8. The number of hydrogen-bond donors (Lipinski definition) is 1. The number of likely N-dealkylation sites (tertiary alicyclic amines) is 1. The Balaban J connectivity index is 1.59. The van der Waals surface area contributed by atoms with Crippen molar-refractivity contribution in [3.63, 3.8) is 0 Å². The van der Waals surface area contributed by atoms with Crippen LogP contribution in [0.5, 0.6) is 0 Å². The van der Waals surface area contributed by atoms with Crippen LogP contribution in [-0.2, 0) is 14.8 Å². The van der Waals surface area contributed by atoms with Crippen LogP contribution < -0.4 is 0 Å². The SMILES string of the molecule is CN(CC(=O)N1CCC2(CC1)CCC2(C)O)S(=O)(=O)c1cccs1. The molecule has 1 N–H and O–H groups in total. The molecule has 1 atom stereocenters. The minimum atomic E-state index is -3.60. The van der Waals surface area contributed by atoms with Crippen LogP contribution in [0.2, 0.25) is 0 Å². The van der Waals surface area contributed by atoms with Crippen molar-refractivity contribution in [2.24, 2.45) is 5.41 Å². The number of carbonyl (C=O) groups is 1. The standard InChI is InChI=1S/C16H24N2O4S2/c1-15(20)5-6-16(15)7-9-18(10-8-16)13(19)12-17(2)24(21,22)14-4-3-11-23-14/h3-4,11,20H,5-10,12H2,1-2H3. The van der Waals surface area contributed by atoms with Crippen LogP contribution in [0.15, 0.2) is 21.7 Å². The van der Waals surface area contributed by atoms with E-state index in [0.29, 0.717) is 13.1 Å². The molecule has 1 saturated carbocycles. The van der Waals surface area contributed by atoms with Crippen molar-refractivity contribution in [3.05, 3.63) is 17.5 Å². The van der Waals surface area contributed by atoms with Gasteiger partial charge in [-0.15, -0.1) is 11.3 Å². The molecule has 0 bridgehead atoms. The van der Waals surface area contributed by atoms with Gasteiger partial charge in [-0.05, 0) is 44.1 Å². The summed E-state index contributed by atoms with van der Waals surface area (Å²) < 4.78 is 26.1.